The van der Waals surface area contributed by atoms with Crippen molar-refractivity contribution in [3.05, 3.63) is 33.1 Å². The molecule has 1 aromatic heterocycles. The monoisotopic (exact) mass is 283 g/mol. The Balaban J connectivity index is 2.55. The second-order valence-corrected chi connectivity index (χ2v) is 5.48. The highest BCUT2D eigenvalue weighted by atomic mass is 32.2. The molecule has 0 atom stereocenters. The first-order chi connectivity index (χ1) is 9.07. The second-order valence-electron chi connectivity index (χ2n) is 4.50. The third kappa shape index (κ3) is 4.80. The number of nitro groups is 1. The van der Waals surface area contributed by atoms with Gasteiger partial charge in [-0.05, 0) is 45.2 Å². The number of nitrogens with one attached hydrogen (secondary N) is 1. The van der Waals surface area contributed by atoms with Gasteiger partial charge >= 0.3 is 0 Å². The molecule has 19 heavy (non-hydrogen) atoms. The lowest BCUT2D eigenvalue weighted by molar-refractivity contribution is -0.386. The van der Waals surface area contributed by atoms with Gasteiger partial charge in [-0.15, -0.1) is 0 Å². The molecule has 0 fully saturated rings. The van der Waals surface area contributed by atoms with Gasteiger partial charge in [-0.1, -0.05) is 0 Å². The molecular formula is C13H21N3O2S. The van der Waals surface area contributed by atoms with E-state index in [2.05, 4.69) is 16.6 Å². The summed E-state index contributed by atoms with van der Waals surface area (Å²) in [7, 11) is 0. The lowest BCUT2D eigenvalue weighted by atomic mass is 10.1. The van der Waals surface area contributed by atoms with E-state index in [1.165, 1.54) is 12.2 Å². The van der Waals surface area contributed by atoms with Gasteiger partial charge in [0.05, 0.1) is 10.6 Å². The van der Waals surface area contributed by atoms with Gasteiger partial charge in [0, 0.05) is 23.9 Å². The van der Waals surface area contributed by atoms with Gasteiger partial charge in [-0.3, -0.25) is 15.1 Å². The van der Waals surface area contributed by atoms with E-state index in [4.69, 9.17) is 0 Å². The van der Waals surface area contributed by atoms with Gasteiger partial charge in [0.15, 0.2) is 0 Å². The van der Waals surface area contributed by atoms with Crippen molar-refractivity contribution >= 4 is 17.4 Å². The zero-order valence-corrected chi connectivity index (χ0v) is 12.5. The molecule has 0 aliphatic heterocycles. The van der Waals surface area contributed by atoms with Crippen molar-refractivity contribution in [2.45, 2.75) is 33.2 Å². The molecule has 0 aliphatic rings. The number of pyridine rings is 1. The van der Waals surface area contributed by atoms with Crippen molar-refractivity contribution in [3.8, 4) is 0 Å². The highest BCUT2D eigenvalue weighted by Crippen LogP contribution is 2.23. The molecule has 1 heterocycles. The normalized spacial score (nSPS) is 10.7. The summed E-state index contributed by atoms with van der Waals surface area (Å²) in [5.74, 6) is 1.18. The Morgan fingerprint density at radius 3 is 2.79 bits per heavy atom. The number of rotatable bonds is 8. The Kier molecular flexibility index (Phi) is 6.80. The summed E-state index contributed by atoms with van der Waals surface area (Å²) in [6.45, 7) is 5.00. The predicted octanol–water partition coefficient (Wildman–Crippen LogP) is 2.84. The van der Waals surface area contributed by atoms with Gasteiger partial charge in [-0.2, -0.15) is 11.8 Å². The molecule has 5 nitrogen and oxygen atoms in total. The highest BCUT2D eigenvalue weighted by Gasteiger charge is 2.18. The minimum Gasteiger partial charge on any atom is -0.311 e. The van der Waals surface area contributed by atoms with Crippen LogP contribution in [0.4, 0.5) is 5.69 Å². The first kappa shape index (κ1) is 15.9. The van der Waals surface area contributed by atoms with E-state index in [9.17, 15) is 10.1 Å². The molecule has 0 radical (unpaired) electrons. The van der Waals surface area contributed by atoms with Crippen molar-refractivity contribution in [2.75, 3.05) is 18.6 Å². The minimum atomic E-state index is -0.325. The molecule has 0 saturated carbocycles. The number of aryl methyl sites for hydroxylation is 1. The Hall–Kier alpha value is -1.14. The molecule has 0 aromatic carbocycles. The smallest absolute Gasteiger partial charge is 0.278 e. The molecule has 1 rings (SSSR count). The van der Waals surface area contributed by atoms with Crippen LogP contribution in [0.3, 0.4) is 0 Å². The van der Waals surface area contributed by atoms with Crippen LogP contribution in [0.15, 0.2) is 6.20 Å². The SMILES string of the molecule is CSCCCCNCc1ncc(C)c([N+](=O)[O-])c1C. The van der Waals surface area contributed by atoms with Gasteiger partial charge in [0.25, 0.3) is 5.69 Å². The number of aromatic nitrogens is 1. The van der Waals surface area contributed by atoms with Crippen LogP contribution in [-0.2, 0) is 6.54 Å². The first-order valence-electron chi connectivity index (χ1n) is 6.37. The van der Waals surface area contributed by atoms with Crippen molar-refractivity contribution < 1.29 is 4.92 Å². The van der Waals surface area contributed by atoms with Gasteiger partial charge < -0.3 is 5.32 Å². The summed E-state index contributed by atoms with van der Waals surface area (Å²) in [4.78, 5) is 15.0. The number of hydrogen-bond donors (Lipinski definition) is 1. The lowest BCUT2D eigenvalue weighted by Crippen LogP contribution is -2.17. The zero-order valence-electron chi connectivity index (χ0n) is 11.7. The van der Waals surface area contributed by atoms with Crippen LogP contribution in [0.5, 0.6) is 0 Å². The van der Waals surface area contributed by atoms with Gasteiger partial charge in [0.2, 0.25) is 0 Å². The van der Waals surface area contributed by atoms with Crippen molar-refractivity contribution in [2.24, 2.45) is 0 Å². The van der Waals surface area contributed by atoms with Gasteiger partial charge in [-0.25, -0.2) is 0 Å². The second kappa shape index (κ2) is 8.12. The number of hydrogen-bond acceptors (Lipinski definition) is 5. The molecule has 1 aromatic rings. The van der Waals surface area contributed by atoms with E-state index >= 15 is 0 Å². The number of nitrogens with zero attached hydrogens (tertiary/aromatic N) is 2. The molecule has 0 bridgehead atoms. The van der Waals surface area contributed by atoms with Crippen LogP contribution in [-0.4, -0.2) is 28.5 Å². The molecule has 0 unspecified atom stereocenters. The Morgan fingerprint density at radius 2 is 2.16 bits per heavy atom. The maximum atomic E-state index is 11.0. The summed E-state index contributed by atoms with van der Waals surface area (Å²) < 4.78 is 0. The maximum Gasteiger partial charge on any atom is 0.278 e. The molecule has 6 heteroatoms. The van der Waals surface area contributed by atoms with E-state index in [1.807, 2.05) is 11.8 Å². The molecule has 106 valence electrons. The molecule has 1 N–H and O–H groups in total. The van der Waals surface area contributed by atoms with Crippen molar-refractivity contribution in [3.63, 3.8) is 0 Å². The van der Waals surface area contributed by atoms with E-state index in [-0.39, 0.29) is 10.6 Å². The van der Waals surface area contributed by atoms with Crippen LogP contribution in [0.2, 0.25) is 0 Å². The quantitative estimate of drug-likeness (QED) is 0.451. The zero-order chi connectivity index (χ0) is 14.3. The number of thioether (sulfide) groups is 1. The first-order valence-corrected chi connectivity index (χ1v) is 7.76. The average Bonchev–Trinajstić information content (AvgIpc) is 2.35. The minimum absolute atomic E-state index is 0.189. The van der Waals surface area contributed by atoms with Crippen molar-refractivity contribution in [1.82, 2.24) is 10.3 Å². The van der Waals surface area contributed by atoms with E-state index < -0.39 is 0 Å². The fourth-order valence-corrected chi connectivity index (χ4v) is 2.42. The largest absolute Gasteiger partial charge is 0.311 e. The third-order valence-electron chi connectivity index (χ3n) is 3.00. The van der Waals surface area contributed by atoms with Crippen molar-refractivity contribution in [1.29, 1.82) is 0 Å². The Labute approximate surface area is 118 Å². The molecular weight excluding hydrogens is 262 g/mol. The summed E-state index contributed by atoms with van der Waals surface area (Å²) >= 11 is 1.85. The van der Waals surface area contributed by atoms with Crippen LogP contribution in [0.25, 0.3) is 0 Å². The average molecular weight is 283 g/mol. The Morgan fingerprint density at radius 1 is 1.42 bits per heavy atom. The summed E-state index contributed by atoms with van der Waals surface area (Å²) in [6.07, 6.45) is 5.99. The Bertz CT molecular complexity index is 438. The van der Waals surface area contributed by atoms with Crippen LogP contribution >= 0.6 is 11.8 Å². The van der Waals surface area contributed by atoms with E-state index in [0.717, 1.165) is 18.7 Å². The molecule has 0 aliphatic carbocycles. The summed E-state index contributed by atoms with van der Waals surface area (Å²) in [6, 6.07) is 0. The third-order valence-corrected chi connectivity index (χ3v) is 3.70. The fraction of sp³-hybridized carbons (Fsp3) is 0.615. The standard InChI is InChI=1S/C13H21N3O2S/c1-10-8-15-12(11(2)13(10)16(17)18)9-14-6-4-5-7-19-3/h8,14H,4-7,9H2,1-3H3. The van der Waals surface area contributed by atoms with Crippen LogP contribution < -0.4 is 5.32 Å². The van der Waals surface area contributed by atoms with Crippen LogP contribution in [0.1, 0.15) is 29.7 Å². The number of unbranched alkanes of at least 4 members (excludes halogenated alkanes) is 1. The topological polar surface area (TPSA) is 68.1 Å². The van der Waals surface area contributed by atoms with Crippen LogP contribution in [0, 0.1) is 24.0 Å². The molecule has 0 saturated heterocycles. The molecule has 0 spiro atoms. The van der Waals surface area contributed by atoms with E-state index in [1.54, 1.807) is 20.0 Å². The fourth-order valence-electron chi connectivity index (χ4n) is 1.93. The predicted molar refractivity (Wildman–Crippen MR) is 79.7 cm³/mol. The lowest BCUT2D eigenvalue weighted by Gasteiger charge is -2.08. The van der Waals surface area contributed by atoms with E-state index in [0.29, 0.717) is 17.7 Å². The molecule has 0 amide bonds. The highest BCUT2D eigenvalue weighted by molar-refractivity contribution is 7.98. The maximum absolute atomic E-state index is 11.0. The summed E-state index contributed by atoms with van der Waals surface area (Å²) in [5.41, 5.74) is 2.24. The summed E-state index contributed by atoms with van der Waals surface area (Å²) in [5, 5.41) is 14.3. The van der Waals surface area contributed by atoms with Gasteiger partial charge in [0.1, 0.15) is 0 Å².